The van der Waals surface area contributed by atoms with E-state index in [-0.39, 0.29) is 0 Å². The van der Waals surface area contributed by atoms with E-state index in [9.17, 15) is 9.59 Å². The molecule has 0 saturated carbocycles. The molecule has 0 aliphatic heterocycles. The Labute approximate surface area is 107 Å². The second kappa shape index (κ2) is 11.8. The number of hydrogen-bond acceptors (Lipinski definition) is 5. The lowest BCUT2D eigenvalue weighted by molar-refractivity contribution is -0.229. The summed E-state index contributed by atoms with van der Waals surface area (Å²) in [5.74, 6) is -1.24. The number of carbonyl (C=O) groups is 2. The van der Waals surface area contributed by atoms with Crippen LogP contribution in [0.1, 0.15) is 39.5 Å². The zero-order valence-electron chi connectivity index (χ0n) is 10.9. The number of rotatable bonds is 6. The van der Waals surface area contributed by atoms with E-state index in [1.807, 2.05) is 6.92 Å². The zero-order chi connectivity index (χ0) is 14.6. The first kappa shape index (κ1) is 18.7. The average Bonchev–Trinajstić information content (AvgIpc) is 2.42. The van der Waals surface area contributed by atoms with Crippen LogP contribution in [0, 0.1) is 0 Å². The van der Waals surface area contributed by atoms with E-state index in [1.165, 1.54) is 5.48 Å². The van der Waals surface area contributed by atoms with E-state index in [4.69, 9.17) is 10.5 Å². The number of hydroxylamine groups is 1. The molecule has 0 aromatic carbocycles. The van der Waals surface area contributed by atoms with Gasteiger partial charge in [0.05, 0.1) is 0 Å². The number of carbonyl (C=O) groups excluding carboxylic acids is 2. The molecule has 0 aromatic heterocycles. The Morgan fingerprint density at radius 3 is 2.06 bits per heavy atom. The molecule has 0 bridgehead atoms. The molecule has 0 rings (SSSR count). The van der Waals surface area contributed by atoms with Gasteiger partial charge in [-0.2, -0.15) is 5.26 Å². The van der Waals surface area contributed by atoms with Gasteiger partial charge in [0.1, 0.15) is 0 Å². The van der Waals surface area contributed by atoms with E-state index in [2.05, 4.69) is 18.0 Å². The first-order valence-electron chi connectivity index (χ1n) is 5.60. The Bertz CT molecular complexity index is 285. The van der Waals surface area contributed by atoms with Crippen molar-refractivity contribution in [1.29, 1.82) is 0 Å². The minimum absolute atomic E-state index is 0.323. The Hall–Kier alpha value is -1.66. The Kier molecular flexibility index (Phi) is 12.3. The maximum absolute atomic E-state index is 10.4. The van der Waals surface area contributed by atoms with Crippen molar-refractivity contribution in [3.63, 3.8) is 0 Å². The lowest BCUT2D eigenvalue weighted by Crippen LogP contribution is -2.19. The minimum atomic E-state index is -0.728. The zero-order valence-corrected chi connectivity index (χ0v) is 10.9. The van der Waals surface area contributed by atoms with Crippen LogP contribution in [-0.2, 0) is 14.5 Å². The second-order valence-corrected chi connectivity index (χ2v) is 3.48. The summed E-state index contributed by atoms with van der Waals surface area (Å²) in [5.41, 5.74) is 2.18. The Morgan fingerprint density at radius 2 is 1.78 bits per heavy atom. The fourth-order valence-electron chi connectivity index (χ4n) is 0.796. The fourth-order valence-corrected chi connectivity index (χ4v) is 0.796. The van der Waals surface area contributed by atoms with Crippen molar-refractivity contribution in [2.75, 3.05) is 0 Å². The van der Waals surface area contributed by atoms with Gasteiger partial charge in [0.15, 0.2) is 0 Å². The van der Waals surface area contributed by atoms with Crippen molar-refractivity contribution < 1.29 is 24.9 Å². The quantitative estimate of drug-likeness (QED) is 0.294. The number of nitrogens with one attached hydrogen (secondary N) is 1. The highest BCUT2D eigenvalue weighted by Gasteiger charge is 2.05. The van der Waals surface area contributed by atoms with Crippen LogP contribution < -0.4 is 5.48 Å². The number of unbranched alkanes of at least 4 members (excludes halogenated alkanes) is 1. The maximum atomic E-state index is 10.4. The van der Waals surface area contributed by atoms with Gasteiger partial charge in [0.2, 0.25) is 0 Å². The van der Waals surface area contributed by atoms with Gasteiger partial charge < -0.3 is 0 Å². The van der Waals surface area contributed by atoms with Crippen LogP contribution >= 0.6 is 0 Å². The molecule has 1 amide bonds. The Morgan fingerprint density at radius 1 is 1.22 bits per heavy atom. The van der Waals surface area contributed by atoms with Gasteiger partial charge in [-0.1, -0.05) is 33.4 Å². The third-order valence-electron chi connectivity index (χ3n) is 2.05. The lowest BCUT2D eigenvalue weighted by atomic mass is 10.1. The van der Waals surface area contributed by atoms with Gasteiger partial charge in [-0.3, -0.25) is 14.9 Å². The van der Waals surface area contributed by atoms with Gasteiger partial charge in [0, 0.05) is 11.1 Å². The van der Waals surface area contributed by atoms with E-state index in [1.54, 1.807) is 6.92 Å². The molecule has 0 saturated heterocycles. The van der Waals surface area contributed by atoms with Crippen LogP contribution in [0.15, 0.2) is 24.3 Å². The summed E-state index contributed by atoms with van der Waals surface area (Å²) >= 11 is 0. The summed E-state index contributed by atoms with van der Waals surface area (Å²) in [6, 6.07) is 0. The van der Waals surface area contributed by atoms with Crippen molar-refractivity contribution >= 4 is 11.9 Å². The molecular weight excluding hydrogens is 238 g/mol. The van der Waals surface area contributed by atoms with E-state index >= 15 is 0 Å². The molecule has 3 N–H and O–H groups in total. The average molecular weight is 259 g/mol. The van der Waals surface area contributed by atoms with Gasteiger partial charge >= 0.3 is 5.97 Å². The van der Waals surface area contributed by atoms with Gasteiger partial charge in [-0.05, 0) is 19.3 Å². The van der Waals surface area contributed by atoms with E-state index in [0.29, 0.717) is 24.0 Å². The summed E-state index contributed by atoms with van der Waals surface area (Å²) in [5, 5.41) is 15.9. The second-order valence-electron chi connectivity index (χ2n) is 3.48. The highest BCUT2D eigenvalue weighted by molar-refractivity contribution is 5.91. The van der Waals surface area contributed by atoms with Gasteiger partial charge in [0.25, 0.3) is 5.91 Å². The molecule has 0 unspecified atom stereocenters. The van der Waals surface area contributed by atoms with Crippen molar-refractivity contribution in [3.8, 4) is 0 Å². The van der Waals surface area contributed by atoms with Crippen LogP contribution in [0.25, 0.3) is 0 Å². The predicted molar refractivity (Wildman–Crippen MR) is 66.7 cm³/mol. The van der Waals surface area contributed by atoms with Crippen LogP contribution in [0.3, 0.4) is 0 Å². The van der Waals surface area contributed by atoms with Crippen LogP contribution in [0.5, 0.6) is 0 Å². The van der Waals surface area contributed by atoms with E-state index < -0.39 is 11.9 Å². The van der Waals surface area contributed by atoms with Crippen LogP contribution in [-0.4, -0.2) is 22.3 Å². The van der Waals surface area contributed by atoms with Gasteiger partial charge in [-0.15, -0.1) is 0 Å². The number of amides is 1. The van der Waals surface area contributed by atoms with Crippen LogP contribution in [0.2, 0.25) is 0 Å². The molecule has 0 aromatic rings. The lowest BCUT2D eigenvalue weighted by Gasteiger charge is -1.98. The topological polar surface area (TPSA) is 95.9 Å². The molecule has 0 heterocycles. The molecule has 18 heavy (non-hydrogen) atoms. The van der Waals surface area contributed by atoms with Crippen molar-refractivity contribution in [3.05, 3.63) is 24.3 Å². The first-order valence-corrected chi connectivity index (χ1v) is 5.60. The molecular formula is C12H21NO5. The van der Waals surface area contributed by atoms with Crippen LogP contribution in [0.4, 0.5) is 0 Å². The van der Waals surface area contributed by atoms with Crippen molar-refractivity contribution in [2.24, 2.45) is 0 Å². The smallest absolute Gasteiger partial charge is 0.296 e. The summed E-state index contributed by atoms with van der Waals surface area (Å²) < 4.78 is 0. The molecule has 0 fully saturated rings. The molecule has 6 nitrogen and oxygen atoms in total. The molecule has 0 radical (unpaired) electrons. The first-order chi connectivity index (χ1) is 8.44. The summed E-state index contributed by atoms with van der Waals surface area (Å²) in [6.07, 6.45) is 3.05. The summed E-state index contributed by atoms with van der Waals surface area (Å²) in [4.78, 5) is 24.2. The van der Waals surface area contributed by atoms with Gasteiger partial charge in [-0.25, -0.2) is 10.3 Å². The molecule has 6 heteroatoms. The summed E-state index contributed by atoms with van der Waals surface area (Å²) in [6.45, 7) is 10.6. The standard InChI is InChI=1S/C7H12O3.C5H9NO2/c1-3-4-5-6(2)7(8)10-9;1-3-4(2)5(7)6-8/h9H,2-5H2,1H3;8H,2-3H2,1H3,(H,6,7). The maximum Gasteiger partial charge on any atom is 0.368 e. The van der Waals surface area contributed by atoms with Crippen molar-refractivity contribution in [1.82, 2.24) is 5.48 Å². The SMILES string of the molecule is C=C(CC)C(=O)NO.C=C(CCCC)C(=O)OO. The highest BCUT2D eigenvalue weighted by Crippen LogP contribution is 2.05. The molecule has 0 spiro atoms. The Balaban J connectivity index is 0. The van der Waals surface area contributed by atoms with Crippen molar-refractivity contribution in [2.45, 2.75) is 39.5 Å². The monoisotopic (exact) mass is 259 g/mol. The minimum Gasteiger partial charge on any atom is -0.296 e. The highest BCUT2D eigenvalue weighted by atomic mass is 17.1. The molecule has 0 atom stereocenters. The molecule has 0 aliphatic rings. The number of hydrogen-bond donors (Lipinski definition) is 3. The fraction of sp³-hybridized carbons (Fsp3) is 0.500. The largest absolute Gasteiger partial charge is 0.368 e. The third-order valence-corrected chi connectivity index (χ3v) is 2.05. The summed E-state index contributed by atoms with van der Waals surface area (Å²) in [7, 11) is 0. The molecule has 0 aliphatic carbocycles. The third kappa shape index (κ3) is 9.56. The molecule has 104 valence electrons. The normalized spacial score (nSPS) is 8.67. The predicted octanol–water partition coefficient (Wildman–Crippen LogP) is 2.21. The van der Waals surface area contributed by atoms with E-state index in [0.717, 1.165) is 12.8 Å².